The maximum atomic E-state index is 12.1. The Morgan fingerprint density at radius 2 is 1.88 bits per heavy atom. The van der Waals surface area contributed by atoms with Crippen LogP contribution in [-0.2, 0) is 20.9 Å². The summed E-state index contributed by atoms with van der Waals surface area (Å²) in [6, 6.07) is 10.9. The van der Waals surface area contributed by atoms with Crippen molar-refractivity contribution in [2.45, 2.75) is 13.5 Å². The predicted molar refractivity (Wildman–Crippen MR) is 101 cm³/mol. The first kappa shape index (κ1) is 19.5. The van der Waals surface area contributed by atoms with Crippen molar-refractivity contribution >= 4 is 23.5 Å². The van der Waals surface area contributed by atoms with Gasteiger partial charge in [-0.15, -0.1) is 0 Å². The zero-order chi connectivity index (χ0) is 18.9. The molecule has 0 fully saturated rings. The third-order valence-electron chi connectivity index (χ3n) is 3.48. The van der Waals surface area contributed by atoms with Gasteiger partial charge in [0.2, 0.25) is 0 Å². The quantitative estimate of drug-likeness (QED) is 0.414. The van der Waals surface area contributed by atoms with Crippen LogP contribution in [0.4, 0.5) is 0 Å². The highest BCUT2D eigenvalue weighted by Crippen LogP contribution is 2.24. The van der Waals surface area contributed by atoms with Crippen LogP contribution in [0.2, 0.25) is 5.02 Å². The summed E-state index contributed by atoms with van der Waals surface area (Å²) in [6.45, 7) is 1.79. The minimum absolute atomic E-state index is 0.276. The van der Waals surface area contributed by atoms with Crippen molar-refractivity contribution in [2.75, 3.05) is 13.7 Å². The van der Waals surface area contributed by atoms with Crippen molar-refractivity contribution < 1.29 is 18.7 Å². The number of carbonyl (C=O) groups excluding carboxylic acids is 2. The Balaban J connectivity index is 1.87. The molecule has 0 atom stereocenters. The van der Waals surface area contributed by atoms with E-state index in [1.165, 1.54) is 11.0 Å². The predicted octanol–water partition coefficient (Wildman–Crippen LogP) is 4.23. The van der Waals surface area contributed by atoms with E-state index in [1.54, 1.807) is 43.5 Å². The van der Waals surface area contributed by atoms with Crippen LogP contribution in [0.5, 0.6) is 0 Å². The number of allylic oxidation sites excluding steroid dienone is 3. The fourth-order valence-electron chi connectivity index (χ4n) is 2.09. The van der Waals surface area contributed by atoms with Gasteiger partial charge in [0.15, 0.2) is 6.61 Å². The second kappa shape index (κ2) is 9.63. The van der Waals surface area contributed by atoms with E-state index in [2.05, 4.69) is 0 Å². The molecule has 2 rings (SSSR count). The number of nitrogens with zero attached hydrogens (tertiary/aromatic N) is 1. The number of furan rings is 1. The maximum absolute atomic E-state index is 12.1. The summed E-state index contributed by atoms with van der Waals surface area (Å²) in [7, 11) is 1.62. The summed E-state index contributed by atoms with van der Waals surface area (Å²) in [4.78, 5) is 24.9. The first-order valence-electron chi connectivity index (χ1n) is 8.04. The average Bonchev–Trinajstić information content (AvgIpc) is 3.09. The van der Waals surface area contributed by atoms with Gasteiger partial charge in [0, 0.05) is 23.7 Å². The summed E-state index contributed by atoms with van der Waals surface area (Å²) in [6.07, 6.45) is 6.30. The van der Waals surface area contributed by atoms with Crippen molar-refractivity contribution in [1.82, 2.24) is 4.90 Å². The van der Waals surface area contributed by atoms with Gasteiger partial charge in [0.05, 0.1) is 6.54 Å². The fourth-order valence-corrected chi connectivity index (χ4v) is 2.22. The molecule has 0 aliphatic rings. The molecular weight excluding hydrogens is 354 g/mol. The van der Waals surface area contributed by atoms with Crippen molar-refractivity contribution in [2.24, 2.45) is 0 Å². The molecule has 0 spiro atoms. The molecule has 0 saturated carbocycles. The van der Waals surface area contributed by atoms with Crippen LogP contribution in [0.1, 0.15) is 12.7 Å². The van der Waals surface area contributed by atoms with Crippen LogP contribution in [0.25, 0.3) is 11.3 Å². The number of halogens is 1. The Hall–Kier alpha value is -2.79. The van der Waals surface area contributed by atoms with E-state index in [-0.39, 0.29) is 19.1 Å². The lowest BCUT2D eigenvalue weighted by atomic mass is 10.2. The van der Waals surface area contributed by atoms with E-state index < -0.39 is 5.97 Å². The van der Waals surface area contributed by atoms with E-state index in [0.29, 0.717) is 16.5 Å². The standard InChI is InChI=1S/C20H20ClNO4/c1-3-4-5-6-20(24)25-14-19(23)22(2)13-17-11-12-18(26-17)15-7-9-16(21)10-8-15/h3-12H,13-14H2,1-2H3/b4-3+,6-5+. The molecule has 5 nitrogen and oxygen atoms in total. The van der Waals surface area contributed by atoms with E-state index in [4.69, 9.17) is 20.8 Å². The van der Waals surface area contributed by atoms with Gasteiger partial charge in [-0.3, -0.25) is 4.79 Å². The van der Waals surface area contributed by atoms with Gasteiger partial charge in [0.25, 0.3) is 5.91 Å². The SMILES string of the molecule is C/C=C/C=C/C(=O)OCC(=O)N(C)Cc1ccc(-c2ccc(Cl)cc2)o1. The normalized spacial score (nSPS) is 11.2. The third kappa shape index (κ3) is 5.93. The largest absolute Gasteiger partial charge is 0.459 e. The molecular formula is C20H20ClNO4. The fraction of sp³-hybridized carbons (Fsp3) is 0.200. The lowest BCUT2D eigenvalue weighted by Crippen LogP contribution is -2.30. The lowest BCUT2D eigenvalue weighted by molar-refractivity contribution is -0.147. The number of amides is 1. The molecule has 26 heavy (non-hydrogen) atoms. The zero-order valence-corrected chi connectivity index (χ0v) is 15.4. The number of hydrogen-bond acceptors (Lipinski definition) is 4. The first-order valence-corrected chi connectivity index (χ1v) is 8.42. The summed E-state index contributed by atoms with van der Waals surface area (Å²) in [5, 5.41) is 0.654. The maximum Gasteiger partial charge on any atom is 0.331 e. The molecule has 1 aromatic carbocycles. The van der Waals surface area contributed by atoms with Crippen molar-refractivity contribution in [3.8, 4) is 11.3 Å². The van der Waals surface area contributed by atoms with E-state index in [1.807, 2.05) is 25.1 Å². The minimum atomic E-state index is -0.562. The first-order chi connectivity index (χ1) is 12.5. The van der Waals surface area contributed by atoms with Crippen LogP contribution in [-0.4, -0.2) is 30.4 Å². The Bertz CT molecular complexity index is 805. The molecule has 2 aromatic rings. The van der Waals surface area contributed by atoms with Gasteiger partial charge < -0.3 is 14.1 Å². The van der Waals surface area contributed by atoms with E-state index in [9.17, 15) is 9.59 Å². The van der Waals surface area contributed by atoms with Crippen molar-refractivity contribution in [1.29, 1.82) is 0 Å². The van der Waals surface area contributed by atoms with Crippen molar-refractivity contribution in [3.63, 3.8) is 0 Å². The monoisotopic (exact) mass is 373 g/mol. The van der Waals surface area contributed by atoms with Crippen LogP contribution in [0.15, 0.2) is 65.1 Å². The van der Waals surface area contributed by atoms with Crippen LogP contribution >= 0.6 is 11.6 Å². The Kier molecular flexibility index (Phi) is 7.24. The van der Waals surface area contributed by atoms with Crippen LogP contribution < -0.4 is 0 Å². The number of benzene rings is 1. The molecule has 136 valence electrons. The van der Waals surface area contributed by atoms with Gasteiger partial charge in [-0.25, -0.2) is 4.79 Å². The number of esters is 1. The second-order valence-corrected chi connectivity index (χ2v) is 5.95. The topological polar surface area (TPSA) is 59.8 Å². The summed E-state index contributed by atoms with van der Waals surface area (Å²) in [5.74, 6) is 0.443. The van der Waals surface area contributed by atoms with Gasteiger partial charge in [0.1, 0.15) is 11.5 Å². The number of likely N-dealkylation sites (N-methyl/N-ethyl adjacent to an activating group) is 1. The Labute approximate surface area is 157 Å². The lowest BCUT2D eigenvalue weighted by Gasteiger charge is -2.15. The smallest absolute Gasteiger partial charge is 0.331 e. The Morgan fingerprint density at radius 1 is 1.15 bits per heavy atom. The van der Waals surface area contributed by atoms with Gasteiger partial charge in [-0.1, -0.05) is 29.8 Å². The molecule has 0 aliphatic heterocycles. The molecule has 0 N–H and O–H groups in total. The number of hydrogen-bond donors (Lipinski definition) is 0. The Morgan fingerprint density at radius 3 is 2.58 bits per heavy atom. The molecule has 6 heteroatoms. The summed E-state index contributed by atoms with van der Waals surface area (Å²) >= 11 is 5.88. The second-order valence-electron chi connectivity index (χ2n) is 5.52. The molecule has 1 heterocycles. The van der Waals surface area contributed by atoms with Gasteiger partial charge >= 0.3 is 5.97 Å². The zero-order valence-electron chi connectivity index (χ0n) is 14.6. The third-order valence-corrected chi connectivity index (χ3v) is 3.73. The van der Waals surface area contributed by atoms with Gasteiger partial charge in [-0.05, 0) is 43.3 Å². The van der Waals surface area contributed by atoms with E-state index in [0.717, 1.165) is 5.56 Å². The molecule has 0 bridgehead atoms. The molecule has 1 aromatic heterocycles. The number of ether oxygens (including phenoxy) is 1. The van der Waals surface area contributed by atoms with E-state index >= 15 is 0 Å². The highest BCUT2D eigenvalue weighted by molar-refractivity contribution is 6.30. The van der Waals surface area contributed by atoms with Crippen LogP contribution in [0.3, 0.4) is 0 Å². The highest BCUT2D eigenvalue weighted by Gasteiger charge is 2.14. The van der Waals surface area contributed by atoms with Gasteiger partial charge in [-0.2, -0.15) is 0 Å². The molecule has 0 aliphatic carbocycles. The molecule has 1 amide bonds. The summed E-state index contributed by atoms with van der Waals surface area (Å²) in [5.41, 5.74) is 0.900. The number of rotatable bonds is 7. The van der Waals surface area contributed by atoms with Crippen LogP contribution in [0, 0.1) is 0 Å². The molecule has 0 unspecified atom stereocenters. The molecule has 0 saturated heterocycles. The van der Waals surface area contributed by atoms with Crippen molar-refractivity contribution in [3.05, 3.63) is 71.5 Å². The average molecular weight is 374 g/mol. The molecule has 0 radical (unpaired) electrons. The highest BCUT2D eigenvalue weighted by atomic mass is 35.5. The summed E-state index contributed by atoms with van der Waals surface area (Å²) < 4.78 is 10.7. The number of carbonyl (C=O) groups is 2. The minimum Gasteiger partial charge on any atom is -0.459 e.